The van der Waals surface area contributed by atoms with Gasteiger partial charge in [0, 0.05) is 12.5 Å². The first kappa shape index (κ1) is 11.6. The van der Waals surface area contributed by atoms with E-state index in [1.165, 1.54) is 11.1 Å². The molecule has 0 aliphatic carbocycles. The van der Waals surface area contributed by atoms with Crippen LogP contribution in [0.25, 0.3) is 0 Å². The Morgan fingerprint density at radius 2 is 1.94 bits per heavy atom. The highest BCUT2D eigenvalue weighted by Crippen LogP contribution is 2.22. The molecule has 1 unspecified atom stereocenters. The van der Waals surface area contributed by atoms with Crippen molar-refractivity contribution in [2.24, 2.45) is 5.73 Å². The zero-order chi connectivity index (χ0) is 11.5. The zero-order valence-electron chi connectivity index (χ0n) is 9.90. The summed E-state index contributed by atoms with van der Waals surface area (Å²) in [6.07, 6.45) is 0.597. The summed E-state index contributed by atoms with van der Waals surface area (Å²) in [5.41, 5.74) is 9.86. The minimum absolute atomic E-state index is 0.0117. The van der Waals surface area contributed by atoms with E-state index in [2.05, 4.69) is 32.0 Å². The Kier molecular flexibility index (Phi) is 3.59. The standard InChI is InChI=1S/C13H19NO2/c1-9-3-4-11(7-10(9)2)12(14)8-13-15-5-6-16-13/h3-4,7,12-13H,5-6,8,14H2,1-2H3. The van der Waals surface area contributed by atoms with Crippen LogP contribution in [0.2, 0.25) is 0 Å². The Morgan fingerprint density at radius 3 is 2.56 bits per heavy atom. The molecule has 16 heavy (non-hydrogen) atoms. The molecule has 0 spiro atoms. The SMILES string of the molecule is Cc1ccc(C(N)CC2OCCO2)cc1C. The molecule has 0 bridgehead atoms. The number of aryl methyl sites for hydroxylation is 2. The molecule has 0 aromatic heterocycles. The van der Waals surface area contributed by atoms with Crippen LogP contribution in [-0.2, 0) is 9.47 Å². The van der Waals surface area contributed by atoms with E-state index in [-0.39, 0.29) is 12.3 Å². The van der Waals surface area contributed by atoms with Gasteiger partial charge in [-0.25, -0.2) is 0 Å². The summed E-state index contributed by atoms with van der Waals surface area (Å²) in [5.74, 6) is 0. The largest absolute Gasteiger partial charge is 0.350 e. The smallest absolute Gasteiger partial charge is 0.159 e. The van der Waals surface area contributed by atoms with Crippen LogP contribution in [0.15, 0.2) is 18.2 Å². The van der Waals surface area contributed by atoms with Gasteiger partial charge < -0.3 is 15.2 Å². The van der Waals surface area contributed by atoms with E-state index in [9.17, 15) is 0 Å². The number of hydrogen-bond donors (Lipinski definition) is 1. The van der Waals surface area contributed by atoms with E-state index in [4.69, 9.17) is 15.2 Å². The summed E-state index contributed by atoms with van der Waals surface area (Å²) in [5, 5.41) is 0. The minimum atomic E-state index is -0.128. The first-order valence-electron chi connectivity index (χ1n) is 5.73. The molecule has 0 saturated carbocycles. The van der Waals surface area contributed by atoms with Gasteiger partial charge in [-0.15, -0.1) is 0 Å². The molecule has 1 aliphatic rings. The highest BCUT2D eigenvalue weighted by molar-refractivity contribution is 5.31. The highest BCUT2D eigenvalue weighted by atomic mass is 16.7. The fourth-order valence-corrected chi connectivity index (χ4v) is 1.88. The van der Waals surface area contributed by atoms with Crippen molar-refractivity contribution in [3.8, 4) is 0 Å². The zero-order valence-corrected chi connectivity index (χ0v) is 9.90. The van der Waals surface area contributed by atoms with Gasteiger partial charge in [-0.1, -0.05) is 18.2 Å². The van der Waals surface area contributed by atoms with Crippen LogP contribution in [0.1, 0.15) is 29.2 Å². The maximum atomic E-state index is 6.13. The maximum Gasteiger partial charge on any atom is 0.159 e. The van der Waals surface area contributed by atoms with Crippen molar-refractivity contribution < 1.29 is 9.47 Å². The molecule has 2 rings (SSSR count). The number of hydrogen-bond acceptors (Lipinski definition) is 3. The molecule has 3 nitrogen and oxygen atoms in total. The van der Waals surface area contributed by atoms with Crippen LogP contribution in [-0.4, -0.2) is 19.5 Å². The second-order valence-electron chi connectivity index (χ2n) is 4.36. The number of benzene rings is 1. The van der Waals surface area contributed by atoms with Gasteiger partial charge in [0.05, 0.1) is 13.2 Å². The van der Waals surface area contributed by atoms with Gasteiger partial charge in [0.1, 0.15) is 0 Å². The Balaban J connectivity index is 2.02. The second kappa shape index (κ2) is 4.95. The van der Waals surface area contributed by atoms with E-state index in [0.29, 0.717) is 13.2 Å². The van der Waals surface area contributed by atoms with Crippen molar-refractivity contribution in [1.29, 1.82) is 0 Å². The topological polar surface area (TPSA) is 44.5 Å². The van der Waals surface area contributed by atoms with E-state index >= 15 is 0 Å². The minimum Gasteiger partial charge on any atom is -0.350 e. The monoisotopic (exact) mass is 221 g/mol. The third-order valence-corrected chi connectivity index (χ3v) is 3.10. The van der Waals surface area contributed by atoms with Crippen molar-refractivity contribution in [2.45, 2.75) is 32.6 Å². The van der Waals surface area contributed by atoms with Gasteiger partial charge in [-0.2, -0.15) is 0 Å². The normalized spacial score (nSPS) is 18.9. The maximum absolute atomic E-state index is 6.13. The van der Waals surface area contributed by atoms with Crippen LogP contribution < -0.4 is 5.73 Å². The van der Waals surface area contributed by atoms with Gasteiger partial charge in [-0.05, 0) is 30.5 Å². The van der Waals surface area contributed by atoms with E-state index in [0.717, 1.165) is 12.0 Å². The third kappa shape index (κ3) is 2.61. The molecule has 2 N–H and O–H groups in total. The summed E-state index contributed by atoms with van der Waals surface area (Å²) < 4.78 is 10.8. The molecular formula is C13H19NO2. The molecule has 3 heteroatoms. The number of rotatable bonds is 3. The molecule has 1 aromatic carbocycles. The van der Waals surface area contributed by atoms with E-state index < -0.39 is 0 Å². The van der Waals surface area contributed by atoms with Crippen LogP contribution in [0, 0.1) is 13.8 Å². The number of nitrogens with two attached hydrogens (primary N) is 1. The van der Waals surface area contributed by atoms with Gasteiger partial charge in [0.15, 0.2) is 6.29 Å². The van der Waals surface area contributed by atoms with Crippen molar-refractivity contribution in [1.82, 2.24) is 0 Å². The molecule has 1 fully saturated rings. The van der Waals surface area contributed by atoms with Crippen molar-refractivity contribution in [3.63, 3.8) is 0 Å². The lowest BCUT2D eigenvalue weighted by Gasteiger charge is -2.17. The quantitative estimate of drug-likeness (QED) is 0.849. The predicted molar refractivity (Wildman–Crippen MR) is 63.2 cm³/mol. The molecular weight excluding hydrogens is 202 g/mol. The Labute approximate surface area is 96.5 Å². The Hall–Kier alpha value is -0.900. The lowest BCUT2D eigenvalue weighted by atomic mass is 9.99. The molecule has 1 heterocycles. The van der Waals surface area contributed by atoms with Crippen LogP contribution in [0.4, 0.5) is 0 Å². The molecule has 0 radical (unpaired) electrons. The predicted octanol–water partition coefficient (Wildman–Crippen LogP) is 2.07. The van der Waals surface area contributed by atoms with Crippen LogP contribution >= 0.6 is 0 Å². The molecule has 0 amide bonds. The molecule has 1 aromatic rings. The summed E-state index contributed by atoms with van der Waals surface area (Å²) in [7, 11) is 0. The van der Waals surface area contributed by atoms with Crippen molar-refractivity contribution in [3.05, 3.63) is 34.9 Å². The van der Waals surface area contributed by atoms with E-state index in [1.807, 2.05) is 0 Å². The fraction of sp³-hybridized carbons (Fsp3) is 0.538. The lowest BCUT2D eigenvalue weighted by Crippen LogP contribution is -2.19. The average molecular weight is 221 g/mol. The molecule has 1 atom stereocenters. The number of ether oxygens (including phenoxy) is 2. The van der Waals surface area contributed by atoms with Crippen LogP contribution in [0.5, 0.6) is 0 Å². The van der Waals surface area contributed by atoms with Gasteiger partial charge in [0.25, 0.3) is 0 Å². The molecule has 1 aliphatic heterocycles. The van der Waals surface area contributed by atoms with Gasteiger partial charge >= 0.3 is 0 Å². The fourth-order valence-electron chi connectivity index (χ4n) is 1.88. The van der Waals surface area contributed by atoms with Crippen molar-refractivity contribution >= 4 is 0 Å². The molecule has 1 saturated heterocycles. The summed E-state index contributed by atoms with van der Waals surface area (Å²) in [6.45, 7) is 5.58. The van der Waals surface area contributed by atoms with Crippen LogP contribution in [0.3, 0.4) is 0 Å². The Bertz CT molecular complexity index is 359. The highest BCUT2D eigenvalue weighted by Gasteiger charge is 2.20. The van der Waals surface area contributed by atoms with Crippen molar-refractivity contribution in [2.75, 3.05) is 13.2 Å². The Morgan fingerprint density at radius 1 is 1.25 bits per heavy atom. The average Bonchev–Trinajstić information content (AvgIpc) is 2.74. The summed E-state index contributed by atoms with van der Waals surface area (Å²) >= 11 is 0. The lowest BCUT2D eigenvalue weighted by molar-refractivity contribution is -0.0507. The second-order valence-corrected chi connectivity index (χ2v) is 4.36. The third-order valence-electron chi connectivity index (χ3n) is 3.10. The summed E-state index contributed by atoms with van der Waals surface area (Å²) in [6, 6.07) is 6.33. The summed E-state index contributed by atoms with van der Waals surface area (Å²) in [4.78, 5) is 0. The first-order valence-corrected chi connectivity index (χ1v) is 5.73. The first-order chi connectivity index (χ1) is 7.66. The van der Waals surface area contributed by atoms with E-state index in [1.54, 1.807) is 0 Å². The molecule has 88 valence electrons. The van der Waals surface area contributed by atoms with Gasteiger partial charge in [0.2, 0.25) is 0 Å². The van der Waals surface area contributed by atoms with Gasteiger partial charge in [-0.3, -0.25) is 0 Å².